The van der Waals surface area contributed by atoms with Crippen LogP contribution in [0.1, 0.15) is 0 Å². The van der Waals surface area contributed by atoms with Gasteiger partial charge in [0.25, 0.3) is 0 Å². The van der Waals surface area contributed by atoms with Crippen LogP contribution < -0.4 is 0 Å². The lowest BCUT2D eigenvalue weighted by molar-refractivity contribution is 0.611. The van der Waals surface area contributed by atoms with E-state index < -0.39 is 9.84 Å². The molecule has 34 valence electrons. The van der Waals surface area contributed by atoms with Gasteiger partial charge in [-0.05, 0) is 0 Å². The van der Waals surface area contributed by atoms with Gasteiger partial charge in [0.2, 0.25) is 9.84 Å². The summed E-state index contributed by atoms with van der Waals surface area (Å²) in [6.07, 6.45) is 0.854. The quantitative estimate of drug-likeness (QED) is 0.308. The van der Waals surface area contributed by atoms with Gasteiger partial charge >= 0.3 is 0 Å². The van der Waals surface area contributed by atoms with Crippen molar-refractivity contribution in [3.8, 4) is 5.40 Å². The number of thiocyanates is 1. The molecule has 0 rings (SSSR count). The monoisotopic (exact) mass is 105 g/mol. The molecule has 0 aliphatic heterocycles. The minimum absolute atomic E-state index is 0.854. The molecule has 0 amide bonds. The standard InChI is InChI=1S/C2H3NO2S/c1-6(4,5)2-3/h1H3. The van der Waals surface area contributed by atoms with Crippen molar-refractivity contribution in [2.45, 2.75) is 0 Å². The molecule has 0 aliphatic carbocycles. The Bertz CT molecular complexity index is 160. The van der Waals surface area contributed by atoms with Gasteiger partial charge in [-0.3, -0.25) is 0 Å². The topological polar surface area (TPSA) is 57.9 Å². The molecule has 0 fully saturated rings. The maximum Gasteiger partial charge on any atom is 0.238 e. The Morgan fingerprint density at radius 3 is 1.83 bits per heavy atom. The maximum atomic E-state index is 9.64. The molecule has 4 heteroatoms. The molecule has 0 aromatic carbocycles. The Morgan fingerprint density at radius 2 is 1.83 bits per heavy atom. The van der Waals surface area contributed by atoms with Crippen LogP contribution in [0.5, 0.6) is 0 Å². The van der Waals surface area contributed by atoms with E-state index in [1.54, 1.807) is 0 Å². The highest BCUT2D eigenvalue weighted by Gasteiger charge is 1.90. The molecule has 0 aliphatic rings. The maximum absolute atomic E-state index is 9.64. The molecular formula is C2H3NO2S. The molecule has 0 unspecified atom stereocenters. The highest BCUT2D eigenvalue weighted by atomic mass is 32.2. The summed E-state index contributed by atoms with van der Waals surface area (Å²) < 4.78 is 19.3. The van der Waals surface area contributed by atoms with Crippen molar-refractivity contribution in [3.63, 3.8) is 0 Å². The zero-order valence-electron chi connectivity index (χ0n) is 3.17. The third kappa shape index (κ3) is 3.44. The number of hydrogen-bond donors (Lipinski definition) is 0. The van der Waals surface area contributed by atoms with Crippen LogP contribution in [-0.4, -0.2) is 14.7 Å². The van der Waals surface area contributed by atoms with Gasteiger partial charge in [-0.1, -0.05) is 0 Å². The van der Waals surface area contributed by atoms with Gasteiger partial charge in [0.15, 0.2) is 5.40 Å². The largest absolute Gasteiger partial charge is 0.238 e. The normalized spacial score (nSPS) is 10.0. The van der Waals surface area contributed by atoms with E-state index in [4.69, 9.17) is 5.26 Å². The smallest absolute Gasteiger partial charge is 0.214 e. The van der Waals surface area contributed by atoms with Crippen LogP contribution in [0, 0.1) is 10.7 Å². The average Bonchev–Trinajstić information content (AvgIpc) is 1.35. The number of hydrogen-bond acceptors (Lipinski definition) is 3. The Balaban J connectivity index is 4.41. The molecule has 0 aromatic heterocycles. The molecule has 6 heavy (non-hydrogen) atoms. The van der Waals surface area contributed by atoms with Gasteiger partial charge in [0.05, 0.1) is 6.26 Å². The van der Waals surface area contributed by atoms with E-state index in [1.165, 1.54) is 0 Å². The summed E-state index contributed by atoms with van der Waals surface area (Å²) in [7, 11) is -3.36. The fourth-order valence-corrected chi connectivity index (χ4v) is 0. The summed E-state index contributed by atoms with van der Waals surface area (Å²) in [5, 5.41) is 8.64. The first kappa shape index (κ1) is 5.44. The van der Waals surface area contributed by atoms with E-state index >= 15 is 0 Å². The summed E-state index contributed by atoms with van der Waals surface area (Å²) in [5.41, 5.74) is 0. The lowest BCUT2D eigenvalue weighted by atomic mass is 11.8. The molecule has 0 N–H and O–H groups in total. The van der Waals surface area contributed by atoms with Crippen molar-refractivity contribution < 1.29 is 8.42 Å². The lowest BCUT2D eigenvalue weighted by Gasteiger charge is -1.65. The zero-order chi connectivity index (χ0) is 5.21. The van der Waals surface area contributed by atoms with Crippen LogP contribution in [-0.2, 0) is 9.84 Å². The van der Waals surface area contributed by atoms with Crippen LogP contribution in [0.4, 0.5) is 0 Å². The molecule has 0 bridgehead atoms. The van der Waals surface area contributed by atoms with Crippen LogP contribution in [0.2, 0.25) is 0 Å². The Morgan fingerprint density at radius 1 is 1.67 bits per heavy atom. The zero-order valence-corrected chi connectivity index (χ0v) is 3.99. The van der Waals surface area contributed by atoms with Crippen molar-refractivity contribution in [1.82, 2.24) is 0 Å². The molecule has 3 nitrogen and oxygen atoms in total. The SMILES string of the molecule is CS(=O)(=O)C#N. The van der Waals surface area contributed by atoms with Crippen molar-refractivity contribution in [2.24, 2.45) is 0 Å². The Kier molecular flexibility index (Phi) is 1.15. The fraction of sp³-hybridized carbons (Fsp3) is 0.500. The minimum Gasteiger partial charge on any atom is -0.214 e. The summed E-state index contributed by atoms with van der Waals surface area (Å²) in [6.45, 7) is 0. The molecule has 0 aromatic rings. The van der Waals surface area contributed by atoms with Crippen LogP contribution in [0.25, 0.3) is 0 Å². The fourth-order valence-electron chi connectivity index (χ4n) is 0. The van der Waals surface area contributed by atoms with Gasteiger partial charge < -0.3 is 0 Å². The van der Waals surface area contributed by atoms with E-state index in [9.17, 15) is 8.42 Å². The summed E-state index contributed by atoms with van der Waals surface area (Å²) in [6, 6.07) is 0. The number of nitriles is 1. The van der Waals surface area contributed by atoms with Gasteiger partial charge in [0, 0.05) is 0 Å². The van der Waals surface area contributed by atoms with Gasteiger partial charge in [-0.2, -0.15) is 5.26 Å². The van der Waals surface area contributed by atoms with Crippen molar-refractivity contribution in [3.05, 3.63) is 0 Å². The van der Waals surface area contributed by atoms with Crippen molar-refractivity contribution in [1.29, 1.82) is 5.26 Å². The Labute approximate surface area is 36.1 Å². The first-order chi connectivity index (χ1) is 2.56. The van der Waals surface area contributed by atoms with E-state index in [2.05, 4.69) is 0 Å². The third-order valence-corrected chi connectivity index (χ3v) is 0.497. The molecule has 0 radical (unpaired) electrons. The van der Waals surface area contributed by atoms with Crippen molar-refractivity contribution >= 4 is 9.84 Å². The molecule has 0 saturated heterocycles. The minimum atomic E-state index is -3.36. The number of sulfone groups is 1. The van der Waals surface area contributed by atoms with E-state index in [1.807, 2.05) is 0 Å². The van der Waals surface area contributed by atoms with Gasteiger partial charge in [0.1, 0.15) is 0 Å². The second-order valence-corrected chi connectivity index (χ2v) is 2.59. The Hall–Kier alpha value is -0.560. The average molecular weight is 105 g/mol. The molecular weight excluding hydrogens is 102 g/mol. The molecule has 0 saturated carbocycles. The summed E-state index contributed by atoms with van der Waals surface area (Å²) in [4.78, 5) is 0. The van der Waals surface area contributed by atoms with E-state index in [-0.39, 0.29) is 0 Å². The van der Waals surface area contributed by atoms with Crippen LogP contribution in [0.15, 0.2) is 0 Å². The van der Waals surface area contributed by atoms with Crippen LogP contribution in [0.3, 0.4) is 0 Å². The highest BCUT2D eigenvalue weighted by Crippen LogP contribution is 1.69. The highest BCUT2D eigenvalue weighted by molar-refractivity contribution is 7.95. The predicted octanol–water partition coefficient (Wildman–Crippen LogP) is -0.488. The first-order valence-electron chi connectivity index (χ1n) is 1.17. The summed E-state index contributed by atoms with van der Waals surface area (Å²) in [5.74, 6) is 0. The van der Waals surface area contributed by atoms with Crippen molar-refractivity contribution in [2.75, 3.05) is 6.26 Å². The molecule has 0 heterocycles. The summed E-state index contributed by atoms with van der Waals surface area (Å²) >= 11 is 0. The lowest BCUT2D eigenvalue weighted by Crippen LogP contribution is -1.86. The molecule has 0 spiro atoms. The predicted molar refractivity (Wildman–Crippen MR) is 20.5 cm³/mol. The van der Waals surface area contributed by atoms with E-state index in [0.29, 0.717) is 0 Å². The second-order valence-electron chi connectivity index (χ2n) is 0.863. The molecule has 0 atom stereocenters. The van der Waals surface area contributed by atoms with E-state index in [0.717, 1.165) is 11.7 Å². The van der Waals surface area contributed by atoms with Gasteiger partial charge in [-0.15, -0.1) is 0 Å². The third-order valence-electron chi connectivity index (χ3n) is 0.166. The number of rotatable bonds is 0. The van der Waals surface area contributed by atoms with Crippen LogP contribution >= 0.6 is 0 Å². The second kappa shape index (κ2) is 1.27. The van der Waals surface area contributed by atoms with Gasteiger partial charge in [-0.25, -0.2) is 8.42 Å². The number of nitrogens with zero attached hydrogens (tertiary/aromatic N) is 1. The first-order valence-corrected chi connectivity index (χ1v) is 3.06.